The summed E-state index contributed by atoms with van der Waals surface area (Å²) < 4.78 is 10.3. The largest absolute Gasteiger partial charge is 0.475 e. The summed E-state index contributed by atoms with van der Waals surface area (Å²) in [6.45, 7) is 3.66. The average molecular weight is 183 g/mol. The maximum atomic E-state index is 5.36. The van der Waals surface area contributed by atoms with Gasteiger partial charge in [0.05, 0.1) is 6.61 Å². The van der Waals surface area contributed by atoms with Crippen LogP contribution in [0.2, 0.25) is 0 Å². The fourth-order valence-corrected chi connectivity index (χ4v) is 0.786. The smallest absolute Gasteiger partial charge is 0.223 e. The number of nitrogen functional groups attached to an aromatic ring is 1. The first-order valence-corrected chi connectivity index (χ1v) is 4.12. The third kappa shape index (κ3) is 3.71. The number of hydrogen-bond acceptors (Lipinski definition) is 5. The highest BCUT2D eigenvalue weighted by atomic mass is 16.5. The molecule has 0 unspecified atom stereocenters. The SMILES string of the molecule is CCOCCOc1ccnc(N)n1. The summed E-state index contributed by atoms with van der Waals surface area (Å²) in [5.41, 5.74) is 5.36. The molecule has 0 aromatic carbocycles. The lowest BCUT2D eigenvalue weighted by Gasteiger charge is -2.04. The molecule has 0 radical (unpaired) electrons. The van der Waals surface area contributed by atoms with Crippen LogP contribution in [0.3, 0.4) is 0 Å². The molecule has 0 saturated carbocycles. The van der Waals surface area contributed by atoms with Gasteiger partial charge in [-0.15, -0.1) is 0 Å². The van der Waals surface area contributed by atoms with Crippen LogP contribution < -0.4 is 10.5 Å². The average Bonchev–Trinajstić information content (AvgIpc) is 2.13. The Balaban J connectivity index is 2.28. The predicted octanol–water partition coefficient (Wildman–Crippen LogP) is 0.474. The van der Waals surface area contributed by atoms with E-state index >= 15 is 0 Å². The Labute approximate surface area is 76.9 Å². The summed E-state index contributed by atoms with van der Waals surface area (Å²) in [5, 5.41) is 0. The number of rotatable bonds is 5. The number of anilines is 1. The molecule has 1 aromatic heterocycles. The van der Waals surface area contributed by atoms with Gasteiger partial charge < -0.3 is 15.2 Å². The summed E-state index contributed by atoms with van der Waals surface area (Å²) in [7, 11) is 0. The molecule has 0 aliphatic heterocycles. The van der Waals surface area contributed by atoms with Gasteiger partial charge in [0.2, 0.25) is 11.8 Å². The lowest BCUT2D eigenvalue weighted by Crippen LogP contribution is -2.08. The number of aromatic nitrogens is 2. The van der Waals surface area contributed by atoms with Crippen molar-refractivity contribution in [3.05, 3.63) is 12.3 Å². The number of ether oxygens (including phenoxy) is 2. The summed E-state index contributed by atoms with van der Waals surface area (Å²) in [4.78, 5) is 7.60. The van der Waals surface area contributed by atoms with Gasteiger partial charge in [0, 0.05) is 18.9 Å². The van der Waals surface area contributed by atoms with Crippen molar-refractivity contribution < 1.29 is 9.47 Å². The third-order valence-corrected chi connectivity index (χ3v) is 1.33. The van der Waals surface area contributed by atoms with Crippen molar-refractivity contribution in [3.63, 3.8) is 0 Å². The highest BCUT2D eigenvalue weighted by Gasteiger charge is 1.95. The van der Waals surface area contributed by atoms with E-state index in [0.717, 1.165) is 0 Å². The predicted molar refractivity (Wildman–Crippen MR) is 48.4 cm³/mol. The van der Waals surface area contributed by atoms with Gasteiger partial charge in [0.1, 0.15) is 6.61 Å². The van der Waals surface area contributed by atoms with Crippen molar-refractivity contribution in [2.75, 3.05) is 25.6 Å². The van der Waals surface area contributed by atoms with Crippen molar-refractivity contribution in [2.24, 2.45) is 0 Å². The Morgan fingerprint density at radius 2 is 2.31 bits per heavy atom. The monoisotopic (exact) mass is 183 g/mol. The third-order valence-electron chi connectivity index (χ3n) is 1.33. The minimum atomic E-state index is 0.217. The van der Waals surface area contributed by atoms with Gasteiger partial charge in [-0.3, -0.25) is 0 Å². The summed E-state index contributed by atoms with van der Waals surface area (Å²) in [6.07, 6.45) is 1.55. The molecule has 72 valence electrons. The van der Waals surface area contributed by atoms with Crippen LogP contribution in [0.1, 0.15) is 6.92 Å². The van der Waals surface area contributed by atoms with Gasteiger partial charge in [-0.2, -0.15) is 4.98 Å². The van der Waals surface area contributed by atoms with E-state index in [9.17, 15) is 0 Å². The zero-order valence-electron chi connectivity index (χ0n) is 7.56. The Bertz CT molecular complexity index is 255. The quantitative estimate of drug-likeness (QED) is 0.672. The first-order chi connectivity index (χ1) is 6.33. The van der Waals surface area contributed by atoms with E-state index in [-0.39, 0.29) is 5.95 Å². The first-order valence-electron chi connectivity index (χ1n) is 4.12. The molecule has 0 saturated heterocycles. The zero-order chi connectivity index (χ0) is 9.52. The lowest BCUT2D eigenvalue weighted by atomic mass is 10.6. The second-order valence-electron chi connectivity index (χ2n) is 2.30. The van der Waals surface area contributed by atoms with E-state index in [4.69, 9.17) is 15.2 Å². The van der Waals surface area contributed by atoms with Gasteiger partial charge in [-0.05, 0) is 6.92 Å². The fraction of sp³-hybridized carbons (Fsp3) is 0.500. The molecule has 0 amide bonds. The van der Waals surface area contributed by atoms with Crippen LogP contribution in [-0.2, 0) is 4.74 Å². The molecule has 0 aliphatic carbocycles. The van der Waals surface area contributed by atoms with Gasteiger partial charge in [0.25, 0.3) is 0 Å². The molecule has 1 rings (SSSR count). The summed E-state index contributed by atoms with van der Waals surface area (Å²) in [5.74, 6) is 0.695. The Hall–Kier alpha value is -1.36. The van der Waals surface area contributed by atoms with E-state index < -0.39 is 0 Å². The van der Waals surface area contributed by atoms with Crippen LogP contribution in [0.15, 0.2) is 12.3 Å². The molecule has 0 bridgehead atoms. The van der Waals surface area contributed by atoms with Crippen LogP contribution >= 0.6 is 0 Å². The highest BCUT2D eigenvalue weighted by molar-refractivity contribution is 5.20. The minimum absolute atomic E-state index is 0.217. The number of nitrogens with zero attached hydrogens (tertiary/aromatic N) is 2. The molecule has 0 fully saturated rings. The van der Waals surface area contributed by atoms with Gasteiger partial charge in [-0.25, -0.2) is 4.98 Å². The maximum absolute atomic E-state index is 5.36. The number of nitrogens with two attached hydrogens (primary N) is 1. The van der Waals surface area contributed by atoms with Crippen LogP contribution in [0.4, 0.5) is 5.95 Å². The number of hydrogen-bond donors (Lipinski definition) is 1. The van der Waals surface area contributed by atoms with E-state index in [2.05, 4.69) is 9.97 Å². The van der Waals surface area contributed by atoms with Crippen molar-refractivity contribution in [2.45, 2.75) is 6.92 Å². The van der Waals surface area contributed by atoms with E-state index in [1.54, 1.807) is 12.3 Å². The van der Waals surface area contributed by atoms with Crippen molar-refractivity contribution in [1.29, 1.82) is 0 Å². The Kier molecular flexibility index (Phi) is 3.98. The first kappa shape index (κ1) is 9.73. The summed E-state index contributed by atoms with van der Waals surface area (Å²) >= 11 is 0. The van der Waals surface area contributed by atoms with Crippen LogP contribution in [-0.4, -0.2) is 29.8 Å². The van der Waals surface area contributed by atoms with Crippen LogP contribution in [0, 0.1) is 0 Å². The second kappa shape index (κ2) is 5.31. The summed E-state index contributed by atoms with van der Waals surface area (Å²) in [6, 6.07) is 1.66. The maximum Gasteiger partial charge on any atom is 0.223 e. The molecular formula is C8H13N3O2. The lowest BCUT2D eigenvalue weighted by molar-refractivity contribution is 0.108. The standard InChI is InChI=1S/C8H13N3O2/c1-2-12-5-6-13-7-3-4-10-8(9)11-7/h3-4H,2,5-6H2,1H3,(H2,9,10,11). The molecular weight excluding hydrogens is 170 g/mol. The van der Waals surface area contributed by atoms with E-state index in [0.29, 0.717) is 25.7 Å². The van der Waals surface area contributed by atoms with Crippen LogP contribution in [0.5, 0.6) is 5.88 Å². The molecule has 0 atom stereocenters. The molecule has 5 heteroatoms. The van der Waals surface area contributed by atoms with Crippen molar-refractivity contribution in [3.8, 4) is 5.88 Å². The van der Waals surface area contributed by atoms with Crippen LogP contribution in [0.25, 0.3) is 0 Å². The molecule has 0 aliphatic rings. The van der Waals surface area contributed by atoms with Gasteiger partial charge in [0.15, 0.2) is 0 Å². The Morgan fingerprint density at radius 1 is 1.46 bits per heavy atom. The molecule has 1 aromatic rings. The zero-order valence-corrected chi connectivity index (χ0v) is 7.56. The fourth-order valence-electron chi connectivity index (χ4n) is 0.786. The topological polar surface area (TPSA) is 70.3 Å². The van der Waals surface area contributed by atoms with Crippen molar-refractivity contribution >= 4 is 5.95 Å². The van der Waals surface area contributed by atoms with E-state index in [1.165, 1.54) is 0 Å². The Morgan fingerprint density at radius 3 is 3.00 bits per heavy atom. The molecule has 1 heterocycles. The van der Waals surface area contributed by atoms with Gasteiger partial charge in [-0.1, -0.05) is 0 Å². The molecule has 0 spiro atoms. The highest BCUT2D eigenvalue weighted by Crippen LogP contribution is 2.04. The minimum Gasteiger partial charge on any atom is -0.475 e. The second-order valence-corrected chi connectivity index (χ2v) is 2.30. The molecule has 2 N–H and O–H groups in total. The van der Waals surface area contributed by atoms with Gasteiger partial charge >= 0.3 is 0 Å². The normalized spacial score (nSPS) is 9.92. The molecule has 5 nitrogen and oxygen atoms in total. The van der Waals surface area contributed by atoms with Crippen molar-refractivity contribution in [1.82, 2.24) is 9.97 Å². The molecule has 13 heavy (non-hydrogen) atoms. The van der Waals surface area contributed by atoms with E-state index in [1.807, 2.05) is 6.92 Å².